The van der Waals surface area contributed by atoms with E-state index < -0.39 is 5.60 Å². The van der Waals surface area contributed by atoms with E-state index in [4.69, 9.17) is 5.26 Å². The molecule has 0 bridgehead atoms. The van der Waals surface area contributed by atoms with Crippen molar-refractivity contribution in [1.29, 1.82) is 5.26 Å². The summed E-state index contributed by atoms with van der Waals surface area (Å²) in [4.78, 5) is 2.37. The van der Waals surface area contributed by atoms with Gasteiger partial charge < -0.3 is 5.11 Å². The van der Waals surface area contributed by atoms with Gasteiger partial charge in [0.2, 0.25) is 0 Å². The second-order valence-corrected chi connectivity index (χ2v) is 4.96. The molecule has 1 rings (SSSR count). The predicted molar refractivity (Wildman–Crippen MR) is 60.4 cm³/mol. The Hall–Kier alpha value is -0.590. The first-order valence-electron chi connectivity index (χ1n) is 5.89. The molecule has 1 unspecified atom stereocenters. The fourth-order valence-electron chi connectivity index (χ4n) is 2.41. The van der Waals surface area contributed by atoms with Gasteiger partial charge in [-0.25, -0.2) is 0 Å². The predicted octanol–water partition coefficient (Wildman–Crippen LogP) is 1.92. The van der Waals surface area contributed by atoms with Crippen molar-refractivity contribution < 1.29 is 5.11 Å². The van der Waals surface area contributed by atoms with Crippen molar-refractivity contribution in [2.45, 2.75) is 57.6 Å². The van der Waals surface area contributed by atoms with Crippen LogP contribution in [-0.2, 0) is 0 Å². The van der Waals surface area contributed by atoms with E-state index in [1.807, 2.05) is 13.8 Å². The smallest absolute Gasteiger partial charge is 0.0746 e. The molecule has 1 N–H and O–H groups in total. The van der Waals surface area contributed by atoms with E-state index in [2.05, 4.69) is 11.0 Å². The number of rotatable bonds is 5. The number of hydrogen-bond donors (Lipinski definition) is 1. The zero-order chi connectivity index (χ0) is 11.3. The third-order valence-corrected chi connectivity index (χ3v) is 3.16. The fraction of sp³-hybridized carbons (Fsp3) is 0.917. The first-order chi connectivity index (χ1) is 7.05. The summed E-state index contributed by atoms with van der Waals surface area (Å²) in [5, 5.41) is 18.4. The van der Waals surface area contributed by atoms with Gasteiger partial charge in [0.25, 0.3) is 0 Å². The topological polar surface area (TPSA) is 47.3 Å². The molecule has 1 heterocycles. The van der Waals surface area contributed by atoms with Crippen LogP contribution in [0.15, 0.2) is 0 Å². The van der Waals surface area contributed by atoms with Crippen LogP contribution in [0.3, 0.4) is 0 Å². The van der Waals surface area contributed by atoms with Gasteiger partial charge >= 0.3 is 0 Å². The van der Waals surface area contributed by atoms with E-state index in [0.29, 0.717) is 12.5 Å². The van der Waals surface area contributed by atoms with Gasteiger partial charge in [-0.15, -0.1) is 0 Å². The standard InChI is InChI=1S/C12H22N2O/c1-12(2,15)11-7-6-10-14(11)9-5-3-4-8-13/h11,15H,3-7,9-10H2,1-2H3. The quantitative estimate of drug-likeness (QED) is 0.705. The maximum absolute atomic E-state index is 10.00. The first kappa shape index (κ1) is 12.5. The molecule has 86 valence electrons. The molecule has 0 amide bonds. The number of hydrogen-bond acceptors (Lipinski definition) is 3. The molecule has 1 atom stereocenters. The van der Waals surface area contributed by atoms with Crippen LogP contribution in [-0.4, -0.2) is 34.7 Å². The van der Waals surface area contributed by atoms with Crippen LogP contribution >= 0.6 is 0 Å². The SMILES string of the molecule is CC(C)(O)C1CCCN1CCCCC#N. The van der Waals surface area contributed by atoms with Gasteiger partial charge in [-0.1, -0.05) is 0 Å². The van der Waals surface area contributed by atoms with Gasteiger partial charge in [0, 0.05) is 12.5 Å². The summed E-state index contributed by atoms with van der Waals surface area (Å²) in [7, 11) is 0. The van der Waals surface area contributed by atoms with Crippen molar-refractivity contribution in [3.8, 4) is 6.07 Å². The summed E-state index contributed by atoms with van der Waals surface area (Å²) in [6.07, 6.45) is 4.99. The molecule has 15 heavy (non-hydrogen) atoms. The van der Waals surface area contributed by atoms with Gasteiger partial charge in [0.15, 0.2) is 0 Å². The lowest BCUT2D eigenvalue weighted by Gasteiger charge is -2.33. The molecule has 1 aliphatic heterocycles. The molecular weight excluding hydrogens is 188 g/mol. The van der Waals surface area contributed by atoms with Crippen molar-refractivity contribution in [2.24, 2.45) is 0 Å². The molecule has 0 aliphatic carbocycles. The third kappa shape index (κ3) is 3.81. The Morgan fingerprint density at radius 2 is 2.20 bits per heavy atom. The molecule has 3 nitrogen and oxygen atoms in total. The molecule has 1 fully saturated rings. The lowest BCUT2D eigenvalue weighted by atomic mass is 9.96. The minimum Gasteiger partial charge on any atom is -0.389 e. The Balaban J connectivity index is 2.31. The molecule has 1 aliphatic rings. The highest BCUT2D eigenvalue weighted by Gasteiger charge is 2.35. The third-order valence-electron chi connectivity index (χ3n) is 3.16. The summed E-state index contributed by atoms with van der Waals surface area (Å²) >= 11 is 0. The second kappa shape index (κ2) is 5.48. The molecule has 0 aromatic carbocycles. The molecule has 0 spiro atoms. The van der Waals surface area contributed by atoms with Crippen LogP contribution in [0.5, 0.6) is 0 Å². The molecule has 1 saturated heterocycles. The highest BCUT2D eigenvalue weighted by molar-refractivity contribution is 4.90. The fourth-order valence-corrected chi connectivity index (χ4v) is 2.41. The number of nitrogens with zero attached hydrogens (tertiary/aromatic N) is 2. The van der Waals surface area contributed by atoms with E-state index in [1.54, 1.807) is 0 Å². The van der Waals surface area contributed by atoms with Gasteiger partial charge in [0.05, 0.1) is 11.7 Å². The molecule has 3 heteroatoms. The minimum absolute atomic E-state index is 0.305. The van der Waals surface area contributed by atoms with Crippen LogP contribution in [0.1, 0.15) is 46.0 Å². The Bertz CT molecular complexity index is 227. The van der Waals surface area contributed by atoms with Crippen molar-refractivity contribution in [1.82, 2.24) is 4.90 Å². The second-order valence-electron chi connectivity index (χ2n) is 4.96. The Morgan fingerprint density at radius 3 is 2.80 bits per heavy atom. The van der Waals surface area contributed by atoms with Crippen LogP contribution < -0.4 is 0 Å². The zero-order valence-corrected chi connectivity index (χ0v) is 9.87. The minimum atomic E-state index is -0.592. The van der Waals surface area contributed by atoms with Gasteiger partial charge in [0.1, 0.15) is 0 Å². The highest BCUT2D eigenvalue weighted by Crippen LogP contribution is 2.26. The van der Waals surface area contributed by atoms with E-state index in [1.165, 1.54) is 6.42 Å². The average molecular weight is 210 g/mol. The maximum atomic E-state index is 10.00. The molecule has 0 radical (unpaired) electrons. The zero-order valence-electron chi connectivity index (χ0n) is 9.87. The van der Waals surface area contributed by atoms with Crippen molar-refractivity contribution in [3.63, 3.8) is 0 Å². The Morgan fingerprint density at radius 1 is 1.47 bits per heavy atom. The van der Waals surface area contributed by atoms with Crippen molar-refractivity contribution in [2.75, 3.05) is 13.1 Å². The van der Waals surface area contributed by atoms with Crippen LogP contribution in [0.2, 0.25) is 0 Å². The van der Waals surface area contributed by atoms with E-state index >= 15 is 0 Å². The molecule has 0 saturated carbocycles. The number of nitriles is 1. The summed E-state index contributed by atoms with van der Waals surface area (Å²) in [6.45, 7) is 5.91. The van der Waals surface area contributed by atoms with Crippen molar-refractivity contribution >= 4 is 0 Å². The molecule has 0 aromatic heterocycles. The summed E-state index contributed by atoms with van der Waals surface area (Å²) < 4.78 is 0. The number of likely N-dealkylation sites (tertiary alicyclic amines) is 1. The van der Waals surface area contributed by atoms with E-state index in [-0.39, 0.29) is 0 Å². The maximum Gasteiger partial charge on any atom is 0.0746 e. The van der Waals surface area contributed by atoms with Crippen molar-refractivity contribution in [3.05, 3.63) is 0 Å². The van der Waals surface area contributed by atoms with Gasteiger partial charge in [-0.3, -0.25) is 4.90 Å². The highest BCUT2D eigenvalue weighted by atomic mass is 16.3. The summed E-state index contributed by atoms with van der Waals surface area (Å²) in [6, 6.07) is 2.47. The Kier molecular flexibility index (Phi) is 4.56. The van der Waals surface area contributed by atoms with Gasteiger partial charge in [-0.05, 0) is 52.6 Å². The summed E-state index contributed by atoms with van der Waals surface area (Å²) in [5.74, 6) is 0. The monoisotopic (exact) mass is 210 g/mol. The van der Waals surface area contributed by atoms with Crippen LogP contribution in [0, 0.1) is 11.3 Å². The average Bonchev–Trinajstić information content (AvgIpc) is 2.59. The summed E-state index contributed by atoms with van der Waals surface area (Å²) in [5.41, 5.74) is -0.592. The lowest BCUT2D eigenvalue weighted by Crippen LogP contribution is -2.45. The number of aliphatic hydroxyl groups is 1. The number of unbranched alkanes of at least 4 members (excludes halogenated alkanes) is 2. The van der Waals surface area contributed by atoms with E-state index in [9.17, 15) is 5.11 Å². The molecular formula is C12H22N2O. The molecule has 0 aromatic rings. The van der Waals surface area contributed by atoms with E-state index in [0.717, 1.165) is 32.4 Å². The van der Waals surface area contributed by atoms with Crippen LogP contribution in [0.25, 0.3) is 0 Å². The van der Waals surface area contributed by atoms with Crippen LogP contribution in [0.4, 0.5) is 0 Å². The lowest BCUT2D eigenvalue weighted by molar-refractivity contribution is -0.00271. The largest absolute Gasteiger partial charge is 0.389 e. The first-order valence-corrected chi connectivity index (χ1v) is 5.89. The van der Waals surface area contributed by atoms with Gasteiger partial charge in [-0.2, -0.15) is 5.26 Å². The normalized spacial score (nSPS) is 22.9. The Labute approximate surface area is 92.7 Å².